The maximum atomic E-state index is 13.1. The number of ether oxygens (including phenoxy) is 1. The molecule has 0 saturated carbocycles. The topological polar surface area (TPSA) is 70.2 Å². The number of carbonyl (C=O) groups excluding carboxylic acids is 3. The van der Waals surface area contributed by atoms with Crippen LogP contribution in [0.4, 0.5) is 5.69 Å². The van der Waals surface area contributed by atoms with E-state index in [1.807, 2.05) is 30.0 Å². The summed E-state index contributed by atoms with van der Waals surface area (Å²) in [7, 11) is 0. The van der Waals surface area contributed by atoms with E-state index in [1.165, 1.54) is 10.5 Å². The average Bonchev–Trinajstić information content (AvgIpc) is 2.87. The molecule has 1 fully saturated rings. The maximum Gasteiger partial charge on any atom is 0.268 e. The van der Waals surface area contributed by atoms with Gasteiger partial charge in [0.25, 0.3) is 5.91 Å². The van der Waals surface area contributed by atoms with Gasteiger partial charge in [0.1, 0.15) is 12.3 Å². The molecular weight excluding hydrogens is 442 g/mol. The number of ketones is 1. The molecule has 0 aliphatic carbocycles. The molecule has 2 amide bonds. The second-order valence-electron chi connectivity index (χ2n) is 9.03. The van der Waals surface area contributed by atoms with Gasteiger partial charge in [0.2, 0.25) is 5.91 Å². The molecule has 1 saturated heterocycles. The maximum absolute atomic E-state index is 13.1. The Morgan fingerprint density at radius 1 is 1.06 bits per heavy atom. The van der Waals surface area contributed by atoms with Crippen molar-refractivity contribution in [2.75, 3.05) is 44.2 Å². The number of Topliss-reactive ketones (excluding diaryl/α,β-unsaturated/α-hetero) is 1. The second kappa shape index (κ2) is 11.3. The van der Waals surface area contributed by atoms with E-state index in [9.17, 15) is 14.4 Å². The molecule has 0 radical (unpaired) electrons. The van der Waals surface area contributed by atoms with Crippen LogP contribution in [0, 0.1) is 0 Å². The van der Waals surface area contributed by atoms with Crippen molar-refractivity contribution < 1.29 is 19.1 Å². The van der Waals surface area contributed by atoms with Gasteiger partial charge >= 0.3 is 0 Å². The standard InChI is InChI=1S/C28H33N3O4/c1-3-8-25(32)23-12-13-26-24(19-23)31(28(34)21(2)35-26)20-27(33)30-17-15-29(16-18-30)14-7-11-22-9-5-4-6-10-22/h4-7,9-13,19,21H,3,8,14-18,20H2,1-2H3/b11-7+. The third-order valence-corrected chi connectivity index (χ3v) is 6.46. The van der Waals surface area contributed by atoms with Crippen LogP contribution < -0.4 is 9.64 Å². The first kappa shape index (κ1) is 24.7. The van der Waals surface area contributed by atoms with Crippen LogP contribution in [0.25, 0.3) is 6.08 Å². The highest BCUT2D eigenvalue weighted by Gasteiger charge is 2.34. The smallest absolute Gasteiger partial charge is 0.268 e. The van der Waals surface area contributed by atoms with Crippen LogP contribution >= 0.6 is 0 Å². The highest BCUT2D eigenvalue weighted by molar-refractivity contribution is 6.05. The van der Waals surface area contributed by atoms with Crippen LogP contribution in [-0.4, -0.2) is 72.8 Å². The predicted molar refractivity (Wildman–Crippen MR) is 137 cm³/mol. The number of fused-ring (bicyclic) bond motifs is 1. The van der Waals surface area contributed by atoms with Crippen molar-refractivity contribution >= 4 is 29.4 Å². The van der Waals surface area contributed by atoms with Gasteiger partial charge in [-0.3, -0.25) is 24.2 Å². The number of amides is 2. The summed E-state index contributed by atoms with van der Waals surface area (Å²) in [6.07, 6.45) is 4.77. The van der Waals surface area contributed by atoms with Crippen molar-refractivity contribution in [3.05, 3.63) is 65.7 Å². The van der Waals surface area contributed by atoms with Crippen molar-refractivity contribution in [3.8, 4) is 5.75 Å². The molecule has 0 spiro atoms. The lowest BCUT2D eigenvalue weighted by Gasteiger charge is -2.37. The van der Waals surface area contributed by atoms with Crippen molar-refractivity contribution in [2.24, 2.45) is 0 Å². The Labute approximate surface area is 207 Å². The van der Waals surface area contributed by atoms with Crippen molar-refractivity contribution in [2.45, 2.75) is 32.8 Å². The lowest BCUT2D eigenvalue weighted by molar-refractivity contribution is -0.134. The molecule has 4 rings (SSSR count). The van der Waals surface area contributed by atoms with E-state index in [1.54, 1.807) is 25.1 Å². The first-order chi connectivity index (χ1) is 17.0. The van der Waals surface area contributed by atoms with Gasteiger partial charge in [0.15, 0.2) is 11.9 Å². The van der Waals surface area contributed by atoms with Crippen molar-refractivity contribution in [3.63, 3.8) is 0 Å². The fourth-order valence-electron chi connectivity index (χ4n) is 4.43. The molecule has 184 valence electrons. The Hall–Kier alpha value is -3.45. The molecule has 2 aromatic carbocycles. The van der Waals surface area contributed by atoms with Crippen LogP contribution in [0.3, 0.4) is 0 Å². The molecule has 7 heteroatoms. The average molecular weight is 476 g/mol. The Bertz CT molecular complexity index is 1090. The molecule has 2 heterocycles. The van der Waals surface area contributed by atoms with Crippen LogP contribution in [-0.2, 0) is 9.59 Å². The molecule has 2 aromatic rings. The Morgan fingerprint density at radius 2 is 1.80 bits per heavy atom. The quantitative estimate of drug-likeness (QED) is 0.545. The van der Waals surface area contributed by atoms with Gasteiger partial charge in [0.05, 0.1) is 5.69 Å². The number of nitrogens with zero attached hydrogens (tertiary/aromatic N) is 3. The molecule has 1 atom stereocenters. The zero-order valence-electron chi connectivity index (χ0n) is 20.5. The van der Waals surface area contributed by atoms with E-state index in [4.69, 9.17) is 4.74 Å². The number of rotatable bonds is 8. The number of carbonyl (C=O) groups is 3. The summed E-state index contributed by atoms with van der Waals surface area (Å²) in [5, 5.41) is 0. The van der Waals surface area contributed by atoms with Gasteiger partial charge in [-0.1, -0.05) is 49.4 Å². The molecule has 0 N–H and O–H groups in total. The van der Waals surface area contributed by atoms with E-state index < -0.39 is 6.10 Å². The molecular formula is C28H33N3O4. The van der Waals surface area contributed by atoms with Crippen LogP contribution in [0.5, 0.6) is 5.75 Å². The second-order valence-corrected chi connectivity index (χ2v) is 9.03. The summed E-state index contributed by atoms with van der Waals surface area (Å²) in [5.41, 5.74) is 2.20. The third kappa shape index (κ3) is 5.98. The van der Waals surface area contributed by atoms with Crippen LogP contribution in [0.2, 0.25) is 0 Å². The highest BCUT2D eigenvalue weighted by Crippen LogP contribution is 2.35. The number of anilines is 1. The predicted octanol–water partition coefficient (Wildman–Crippen LogP) is 3.64. The number of hydrogen-bond donors (Lipinski definition) is 0. The molecule has 2 aliphatic heterocycles. The summed E-state index contributed by atoms with van der Waals surface area (Å²) in [6.45, 7) is 7.21. The van der Waals surface area contributed by atoms with Crippen LogP contribution in [0.15, 0.2) is 54.6 Å². The van der Waals surface area contributed by atoms with E-state index >= 15 is 0 Å². The van der Waals surface area contributed by atoms with Gasteiger partial charge < -0.3 is 9.64 Å². The minimum Gasteiger partial charge on any atom is -0.479 e. The molecule has 0 bridgehead atoms. The van der Waals surface area contributed by atoms with Crippen molar-refractivity contribution in [1.29, 1.82) is 0 Å². The molecule has 7 nitrogen and oxygen atoms in total. The summed E-state index contributed by atoms with van der Waals surface area (Å²) in [5.74, 6) is 0.178. The molecule has 0 aromatic heterocycles. The normalized spacial score (nSPS) is 18.5. The molecule has 35 heavy (non-hydrogen) atoms. The van der Waals surface area contributed by atoms with Gasteiger partial charge in [-0.25, -0.2) is 0 Å². The zero-order valence-corrected chi connectivity index (χ0v) is 20.5. The number of benzene rings is 2. The summed E-state index contributed by atoms with van der Waals surface area (Å²) >= 11 is 0. The van der Waals surface area contributed by atoms with Gasteiger partial charge in [-0.2, -0.15) is 0 Å². The fraction of sp³-hybridized carbons (Fsp3) is 0.393. The van der Waals surface area contributed by atoms with Gasteiger partial charge in [-0.05, 0) is 37.1 Å². The Balaban J connectivity index is 1.37. The van der Waals surface area contributed by atoms with Crippen LogP contribution in [0.1, 0.15) is 42.6 Å². The Morgan fingerprint density at radius 3 is 2.51 bits per heavy atom. The van der Waals surface area contributed by atoms with E-state index in [-0.39, 0.29) is 24.1 Å². The largest absolute Gasteiger partial charge is 0.479 e. The minimum atomic E-state index is -0.680. The zero-order chi connectivity index (χ0) is 24.8. The molecule has 1 unspecified atom stereocenters. The van der Waals surface area contributed by atoms with E-state index in [0.717, 1.165) is 26.1 Å². The van der Waals surface area contributed by atoms with E-state index in [2.05, 4.69) is 29.2 Å². The lowest BCUT2D eigenvalue weighted by atomic mass is 10.0. The number of hydrogen-bond acceptors (Lipinski definition) is 5. The van der Waals surface area contributed by atoms with Gasteiger partial charge in [-0.15, -0.1) is 0 Å². The summed E-state index contributed by atoms with van der Waals surface area (Å²) < 4.78 is 5.74. The fourth-order valence-corrected chi connectivity index (χ4v) is 4.43. The van der Waals surface area contributed by atoms with E-state index in [0.29, 0.717) is 36.5 Å². The lowest BCUT2D eigenvalue weighted by Crippen LogP contribution is -2.53. The minimum absolute atomic E-state index is 0.0186. The Kier molecular flexibility index (Phi) is 7.98. The number of piperazine rings is 1. The first-order valence-corrected chi connectivity index (χ1v) is 12.3. The highest BCUT2D eigenvalue weighted by atomic mass is 16.5. The summed E-state index contributed by atoms with van der Waals surface area (Å²) in [4.78, 5) is 44.1. The first-order valence-electron chi connectivity index (χ1n) is 12.3. The summed E-state index contributed by atoms with van der Waals surface area (Å²) in [6, 6.07) is 15.3. The van der Waals surface area contributed by atoms with Crippen molar-refractivity contribution in [1.82, 2.24) is 9.80 Å². The monoisotopic (exact) mass is 475 g/mol. The molecule has 2 aliphatic rings. The SMILES string of the molecule is CCCC(=O)c1ccc2c(c1)N(CC(=O)N1CCN(C/C=C/c3ccccc3)CC1)C(=O)C(C)O2. The third-order valence-electron chi connectivity index (χ3n) is 6.46. The van der Waals surface area contributed by atoms with Gasteiger partial charge in [0, 0.05) is 44.7 Å².